The minimum atomic E-state index is -1.10. The predicted molar refractivity (Wildman–Crippen MR) is 78.7 cm³/mol. The van der Waals surface area contributed by atoms with E-state index in [2.05, 4.69) is 6.92 Å². The third kappa shape index (κ3) is 3.34. The molecule has 1 aromatic carbocycles. The smallest absolute Gasteiger partial charge is 0.112 e. The van der Waals surface area contributed by atoms with Gasteiger partial charge in [-0.05, 0) is 29.7 Å². The third-order valence-corrected chi connectivity index (χ3v) is 3.69. The minimum absolute atomic E-state index is 0.608. The van der Waals surface area contributed by atoms with Crippen molar-refractivity contribution in [1.82, 2.24) is 0 Å². The third-order valence-electron chi connectivity index (χ3n) is 3.69. The molecule has 2 atom stereocenters. The van der Waals surface area contributed by atoms with Crippen molar-refractivity contribution in [3.63, 3.8) is 0 Å². The van der Waals surface area contributed by atoms with Gasteiger partial charge in [0.2, 0.25) is 0 Å². The van der Waals surface area contributed by atoms with Crippen molar-refractivity contribution in [1.29, 1.82) is 0 Å². The fourth-order valence-corrected chi connectivity index (χ4v) is 2.42. The van der Waals surface area contributed by atoms with E-state index < -0.39 is 11.7 Å². The molecular formula is C17H22O2. The molecule has 2 nitrogen and oxygen atoms in total. The molecule has 102 valence electrons. The SMILES string of the molecule is CCCCCC1(O)C=CC(c2ccccc2)=CC1O. The lowest BCUT2D eigenvalue weighted by molar-refractivity contribution is -0.0223. The normalized spacial score (nSPS) is 26.3. The van der Waals surface area contributed by atoms with Gasteiger partial charge in [-0.15, -0.1) is 0 Å². The van der Waals surface area contributed by atoms with Crippen LogP contribution in [0.4, 0.5) is 0 Å². The van der Waals surface area contributed by atoms with Crippen molar-refractivity contribution in [2.75, 3.05) is 0 Å². The number of unbranched alkanes of at least 4 members (excludes halogenated alkanes) is 2. The Balaban J connectivity index is 2.09. The summed E-state index contributed by atoms with van der Waals surface area (Å²) in [5.74, 6) is 0. The lowest BCUT2D eigenvalue weighted by Crippen LogP contribution is -2.40. The number of hydrogen-bond donors (Lipinski definition) is 2. The van der Waals surface area contributed by atoms with Crippen LogP contribution in [0, 0.1) is 0 Å². The summed E-state index contributed by atoms with van der Waals surface area (Å²) in [6.07, 6.45) is 8.31. The van der Waals surface area contributed by atoms with E-state index in [0.29, 0.717) is 6.42 Å². The van der Waals surface area contributed by atoms with Gasteiger partial charge in [-0.3, -0.25) is 0 Å². The van der Waals surface area contributed by atoms with Crippen LogP contribution in [0.5, 0.6) is 0 Å². The van der Waals surface area contributed by atoms with Gasteiger partial charge in [0.15, 0.2) is 0 Å². The number of allylic oxidation sites excluding steroid dienone is 2. The second kappa shape index (κ2) is 6.18. The summed E-state index contributed by atoms with van der Waals surface area (Å²) in [4.78, 5) is 0. The zero-order valence-corrected chi connectivity index (χ0v) is 11.4. The zero-order chi connectivity index (χ0) is 13.7. The number of benzene rings is 1. The quantitative estimate of drug-likeness (QED) is 0.795. The topological polar surface area (TPSA) is 40.5 Å². The molecule has 2 heteroatoms. The summed E-state index contributed by atoms with van der Waals surface area (Å²) in [7, 11) is 0. The molecular weight excluding hydrogens is 236 g/mol. The first-order chi connectivity index (χ1) is 9.15. The highest BCUT2D eigenvalue weighted by Crippen LogP contribution is 2.30. The first-order valence-corrected chi connectivity index (χ1v) is 7.02. The molecule has 0 spiro atoms. The van der Waals surface area contributed by atoms with Gasteiger partial charge in [0.25, 0.3) is 0 Å². The molecule has 0 fully saturated rings. The summed E-state index contributed by atoms with van der Waals surface area (Å²) in [6, 6.07) is 9.92. The van der Waals surface area contributed by atoms with Crippen LogP contribution in [0.3, 0.4) is 0 Å². The standard InChI is InChI=1S/C17H22O2/c1-2-3-7-11-17(19)12-10-15(13-16(17)18)14-8-5-4-6-9-14/h4-6,8-10,12-13,16,18-19H,2-3,7,11H2,1H3. The number of hydrogen-bond acceptors (Lipinski definition) is 2. The van der Waals surface area contributed by atoms with Crippen molar-refractivity contribution in [3.05, 3.63) is 54.1 Å². The van der Waals surface area contributed by atoms with E-state index in [4.69, 9.17) is 0 Å². The Morgan fingerprint density at radius 2 is 1.89 bits per heavy atom. The molecule has 0 saturated heterocycles. The first kappa shape index (κ1) is 14.0. The highest BCUT2D eigenvalue weighted by atomic mass is 16.3. The number of rotatable bonds is 5. The minimum Gasteiger partial charge on any atom is -0.386 e. The van der Waals surface area contributed by atoms with Crippen LogP contribution >= 0.6 is 0 Å². The first-order valence-electron chi connectivity index (χ1n) is 7.02. The molecule has 1 aliphatic carbocycles. The number of aliphatic hydroxyl groups is 2. The van der Waals surface area contributed by atoms with Crippen LogP contribution in [0.15, 0.2) is 48.6 Å². The second-order valence-electron chi connectivity index (χ2n) is 5.21. The lowest BCUT2D eigenvalue weighted by atomic mass is 9.83. The van der Waals surface area contributed by atoms with Gasteiger partial charge in [-0.1, -0.05) is 62.6 Å². The van der Waals surface area contributed by atoms with Crippen LogP contribution in [0.25, 0.3) is 5.57 Å². The molecule has 0 bridgehead atoms. The van der Waals surface area contributed by atoms with E-state index in [0.717, 1.165) is 30.4 Å². The Hall–Kier alpha value is -1.38. The zero-order valence-electron chi connectivity index (χ0n) is 11.4. The highest BCUT2D eigenvalue weighted by Gasteiger charge is 2.33. The Bertz CT molecular complexity index is 461. The largest absolute Gasteiger partial charge is 0.386 e. The van der Waals surface area contributed by atoms with E-state index in [9.17, 15) is 10.2 Å². The highest BCUT2D eigenvalue weighted by molar-refractivity contribution is 5.76. The van der Waals surface area contributed by atoms with Crippen molar-refractivity contribution >= 4 is 5.57 Å². The Morgan fingerprint density at radius 3 is 2.53 bits per heavy atom. The van der Waals surface area contributed by atoms with Crippen molar-refractivity contribution in [2.24, 2.45) is 0 Å². The molecule has 0 radical (unpaired) electrons. The lowest BCUT2D eigenvalue weighted by Gasteiger charge is -2.31. The van der Waals surface area contributed by atoms with Gasteiger partial charge in [0, 0.05) is 0 Å². The fraction of sp³-hybridized carbons (Fsp3) is 0.412. The van der Waals surface area contributed by atoms with Crippen LogP contribution in [-0.2, 0) is 0 Å². The molecule has 2 N–H and O–H groups in total. The fourth-order valence-electron chi connectivity index (χ4n) is 2.42. The summed E-state index contributed by atoms with van der Waals surface area (Å²) >= 11 is 0. The Kier molecular flexibility index (Phi) is 4.56. The van der Waals surface area contributed by atoms with Gasteiger partial charge in [0.1, 0.15) is 11.7 Å². The molecule has 0 aromatic heterocycles. The monoisotopic (exact) mass is 258 g/mol. The van der Waals surface area contributed by atoms with Crippen LogP contribution in [-0.4, -0.2) is 21.9 Å². The maximum atomic E-state index is 10.4. The molecule has 0 aliphatic heterocycles. The van der Waals surface area contributed by atoms with E-state index in [-0.39, 0.29) is 0 Å². The molecule has 19 heavy (non-hydrogen) atoms. The molecule has 2 rings (SSSR count). The molecule has 2 unspecified atom stereocenters. The van der Waals surface area contributed by atoms with Gasteiger partial charge in [-0.25, -0.2) is 0 Å². The summed E-state index contributed by atoms with van der Waals surface area (Å²) in [5, 5.41) is 20.6. The van der Waals surface area contributed by atoms with Crippen LogP contribution < -0.4 is 0 Å². The predicted octanol–water partition coefficient (Wildman–Crippen LogP) is 3.31. The molecule has 0 saturated carbocycles. The summed E-state index contributed by atoms with van der Waals surface area (Å²) in [5.41, 5.74) is 0.926. The molecule has 0 heterocycles. The van der Waals surface area contributed by atoms with Gasteiger partial charge >= 0.3 is 0 Å². The Labute approximate surface area is 115 Å². The summed E-state index contributed by atoms with van der Waals surface area (Å²) in [6.45, 7) is 2.13. The van der Waals surface area contributed by atoms with Crippen molar-refractivity contribution in [2.45, 2.75) is 44.3 Å². The van der Waals surface area contributed by atoms with E-state index in [1.165, 1.54) is 0 Å². The van der Waals surface area contributed by atoms with Crippen LogP contribution in [0.1, 0.15) is 38.2 Å². The number of aliphatic hydroxyl groups excluding tert-OH is 1. The van der Waals surface area contributed by atoms with Crippen molar-refractivity contribution in [3.8, 4) is 0 Å². The van der Waals surface area contributed by atoms with Crippen molar-refractivity contribution < 1.29 is 10.2 Å². The van der Waals surface area contributed by atoms with Crippen LogP contribution in [0.2, 0.25) is 0 Å². The summed E-state index contributed by atoms with van der Waals surface area (Å²) < 4.78 is 0. The van der Waals surface area contributed by atoms with Gasteiger partial charge in [-0.2, -0.15) is 0 Å². The molecule has 1 aromatic rings. The van der Waals surface area contributed by atoms with E-state index in [1.807, 2.05) is 36.4 Å². The average molecular weight is 258 g/mol. The van der Waals surface area contributed by atoms with E-state index >= 15 is 0 Å². The molecule has 1 aliphatic rings. The molecule has 0 amide bonds. The van der Waals surface area contributed by atoms with Gasteiger partial charge < -0.3 is 10.2 Å². The second-order valence-corrected chi connectivity index (χ2v) is 5.21. The maximum Gasteiger partial charge on any atom is 0.112 e. The van der Waals surface area contributed by atoms with Gasteiger partial charge in [0.05, 0.1) is 0 Å². The Morgan fingerprint density at radius 1 is 1.16 bits per heavy atom. The maximum absolute atomic E-state index is 10.4. The van der Waals surface area contributed by atoms with E-state index in [1.54, 1.807) is 12.2 Å². The average Bonchev–Trinajstić information content (AvgIpc) is 2.43.